The van der Waals surface area contributed by atoms with Gasteiger partial charge in [0, 0.05) is 39.6 Å². The van der Waals surface area contributed by atoms with Gasteiger partial charge in [0.25, 0.3) is 0 Å². The van der Waals surface area contributed by atoms with E-state index in [4.69, 9.17) is 34.8 Å². The Hall–Kier alpha value is -2.60. The molecule has 0 heterocycles. The van der Waals surface area contributed by atoms with E-state index in [-0.39, 0.29) is 35.5 Å². The minimum absolute atomic E-state index is 0.0521. The van der Waals surface area contributed by atoms with Crippen LogP contribution < -0.4 is 5.32 Å². The maximum atomic E-state index is 14.6. The van der Waals surface area contributed by atoms with E-state index in [1.807, 2.05) is 30.3 Å². The van der Waals surface area contributed by atoms with Crippen molar-refractivity contribution in [3.63, 3.8) is 0 Å². The van der Waals surface area contributed by atoms with Gasteiger partial charge in [-0.05, 0) is 48.2 Å². The highest BCUT2D eigenvalue weighted by atomic mass is 35.5. The van der Waals surface area contributed by atoms with Crippen LogP contribution in [0.2, 0.25) is 15.1 Å². The van der Waals surface area contributed by atoms with E-state index in [1.54, 1.807) is 24.3 Å². The van der Waals surface area contributed by atoms with Gasteiger partial charge in [0.05, 0.1) is 6.42 Å². The average molecular weight is 562 g/mol. The maximum Gasteiger partial charge on any atom is 0.243 e. The zero-order valence-corrected chi connectivity index (χ0v) is 22.5. The number of nitrogens with zero attached hydrogens (tertiary/aromatic N) is 1. The fraction of sp³-hybridized carbons (Fsp3) is 0.310. The summed E-state index contributed by atoms with van der Waals surface area (Å²) >= 11 is 18.8. The number of hydrogen-bond donors (Lipinski definition) is 1. The third-order valence-corrected chi connectivity index (χ3v) is 7.66. The highest BCUT2D eigenvalue weighted by molar-refractivity contribution is 6.35. The average Bonchev–Trinajstić information content (AvgIpc) is 3.38. The summed E-state index contributed by atoms with van der Waals surface area (Å²) in [6.07, 6.45) is 3.93. The van der Waals surface area contributed by atoms with Crippen LogP contribution in [-0.4, -0.2) is 28.8 Å². The van der Waals surface area contributed by atoms with E-state index < -0.39 is 17.8 Å². The summed E-state index contributed by atoms with van der Waals surface area (Å²) in [4.78, 5) is 29.0. The first-order valence-electron chi connectivity index (χ1n) is 12.3. The molecular formula is C29H28Cl3FN2O2. The normalized spacial score (nSPS) is 14.4. The topological polar surface area (TPSA) is 49.4 Å². The molecule has 1 atom stereocenters. The molecule has 1 aliphatic carbocycles. The molecule has 0 radical (unpaired) electrons. The van der Waals surface area contributed by atoms with Crippen LogP contribution in [0.3, 0.4) is 0 Å². The van der Waals surface area contributed by atoms with Crippen LogP contribution in [0, 0.1) is 5.82 Å². The molecule has 2 amide bonds. The van der Waals surface area contributed by atoms with Gasteiger partial charge in [-0.25, -0.2) is 4.39 Å². The lowest BCUT2D eigenvalue weighted by molar-refractivity contribution is -0.141. The molecular weight excluding hydrogens is 534 g/mol. The molecule has 0 aliphatic heterocycles. The van der Waals surface area contributed by atoms with Crippen LogP contribution in [0.15, 0.2) is 66.7 Å². The fourth-order valence-corrected chi connectivity index (χ4v) is 5.41. The van der Waals surface area contributed by atoms with Crippen LogP contribution in [0.25, 0.3) is 0 Å². The fourth-order valence-electron chi connectivity index (χ4n) is 4.71. The molecule has 0 spiro atoms. The molecule has 4 nitrogen and oxygen atoms in total. The summed E-state index contributed by atoms with van der Waals surface area (Å²) in [6.45, 7) is 0.0521. The van der Waals surface area contributed by atoms with Gasteiger partial charge in [-0.2, -0.15) is 0 Å². The number of carbonyl (C=O) groups is 2. The second-order valence-electron chi connectivity index (χ2n) is 9.33. The molecule has 194 valence electrons. The van der Waals surface area contributed by atoms with E-state index in [1.165, 1.54) is 17.0 Å². The molecule has 1 fully saturated rings. The van der Waals surface area contributed by atoms with Crippen molar-refractivity contribution in [1.29, 1.82) is 0 Å². The Bertz CT molecular complexity index is 1230. The molecule has 1 aliphatic rings. The Labute approximate surface area is 231 Å². The van der Waals surface area contributed by atoms with Crippen LogP contribution in [0.4, 0.5) is 4.39 Å². The first kappa shape index (κ1) is 27.4. The monoisotopic (exact) mass is 560 g/mol. The number of halogens is 4. The molecule has 1 saturated carbocycles. The van der Waals surface area contributed by atoms with Crippen molar-refractivity contribution in [3.05, 3.63) is 104 Å². The first-order chi connectivity index (χ1) is 17.8. The molecule has 0 saturated heterocycles. The summed E-state index contributed by atoms with van der Waals surface area (Å²) in [6, 6.07) is 18.1. The predicted molar refractivity (Wildman–Crippen MR) is 146 cm³/mol. The summed E-state index contributed by atoms with van der Waals surface area (Å²) in [5, 5.41) is 4.14. The van der Waals surface area contributed by atoms with Crippen molar-refractivity contribution >= 4 is 46.6 Å². The van der Waals surface area contributed by atoms with E-state index >= 15 is 0 Å². The highest BCUT2D eigenvalue weighted by Gasteiger charge is 2.33. The van der Waals surface area contributed by atoms with Gasteiger partial charge in [-0.15, -0.1) is 0 Å². The van der Waals surface area contributed by atoms with Crippen molar-refractivity contribution in [2.75, 3.05) is 0 Å². The molecule has 1 unspecified atom stereocenters. The van der Waals surface area contributed by atoms with Gasteiger partial charge in [0.2, 0.25) is 11.8 Å². The van der Waals surface area contributed by atoms with E-state index in [0.717, 1.165) is 31.2 Å². The zero-order chi connectivity index (χ0) is 26.4. The number of hydrogen-bond acceptors (Lipinski definition) is 2. The lowest BCUT2D eigenvalue weighted by Crippen LogP contribution is -2.52. The number of amides is 2. The Kier molecular flexibility index (Phi) is 9.47. The minimum atomic E-state index is -0.840. The van der Waals surface area contributed by atoms with Gasteiger partial charge in [-0.1, -0.05) is 90.1 Å². The van der Waals surface area contributed by atoms with Gasteiger partial charge in [-0.3, -0.25) is 9.59 Å². The smallest absolute Gasteiger partial charge is 0.243 e. The molecule has 0 aromatic heterocycles. The molecule has 4 rings (SSSR count). The Balaban J connectivity index is 1.71. The van der Waals surface area contributed by atoms with Gasteiger partial charge in [0.15, 0.2) is 0 Å². The first-order valence-corrected chi connectivity index (χ1v) is 13.5. The van der Waals surface area contributed by atoms with Crippen LogP contribution >= 0.6 is 34.8 Å². The second-order valence-corrected chi connectivity index (χ2v) is 10.6. The summed E-state index contributed by atoms with van der Waals surface area (Å²) in [5.41, 5.74) is 1.62. The van der Waals surface area contributed by atoms with Crippen molar-refractivity contribution < 1.29 is 14.0 Å². The summed E-state index contributed by atoms with van der Waals surface area (Å²) < 4.78 is 14.6. The molecule has 1 N–H and O–H groups in total. The third kappa shape index (κ3) is 7.25. The van der Waals surface area contributed by atoms with E-state index in [2.05, 4.69) is 5.32 Å². The van der Waals surface area contributed by atoms with E-state index in [9.17, 15) is 14.0 Å². The van der Waals surface area contributed by atoms with Crippen LogP contribution in [-0.2, 0) is 29.0 Å². The number of nitrogens with one attached hydrogen (secondary N) is 1. The predicted octanol–water partition coefficient (Wildman–Crippen LogP) is 7.03. The van der Waals surface area contributed by atoms with Crippen molar-refractivity contribution in [2.24, 2.45) is 0 Å². The van der Waals surface area contributed by atoms with E-state index in [0.29, 0.717) is 22.0 Å². The summed E-state index contributed by atoms with van der Waals surface area (Å²) in [5.74, 6) is -1.24. The zero-order valence-electron chi connectivity index (χ0n) is 20.2. The largest absolute Gasteiger partial charge is 0.352 e. The van der Waals surface area contributed by atoms with Gasteiger partial charge >= 0.3 is 0 Å². The Morgan fingerprint density at radius 1 is 0.946 bits per heavy atom. The van der Waals surface area contributed by atoms with Crippen molar-refractivity contribution in [3.8, 4) is 0 Å². The minimum Gasteiger partial charge on any atom is -0.352 e. The van der Waals surface area contributed by atoms with Crippen LogP contribution in [0.1, 0.15) is 42.4 Å². The molecule has 8 heteroatoms. The SMILES string of the molecule is O=C(NC1CCCC1)C(Cc1ccccc1)N(Cc1ccc(Cl)cc1Cl)C(=O)Cc1c(F)cccc1Cl. The molecule has 3 aromatic carbocycles. The van der Waals surface area contributed by atoms with Gasteiger partial charge < -0.3 is 10.2 Å². The molecule has 37 heavy (non-hydrogen) atoms. The maximum absolute atomic E-state index is 14.6. The molecule has 0 bridgehead atoms. The lowest BCUT2D eigenvalue weighted by Gasteiger charge is -2.33. The second kappa shape index (κ2) is 12.8. The van der Waals surface area contributed by atoms with Crippen LogP contribution in [0.5, 0.6) is 0 Å². The molecule has 3 aromatic rings. The van der Waals surface area contributed by atoms with Crippen molar-refractivity contribution in [2.45, 2.75) is 57.2 Å². The number of benzene rings is 3. The standard InChI is InChI=1S/C29H28Cl3FN2O2/c30-21-14-13-20(25(32)16-21)18-35(28(36)17-23-24(31)11-6-12-26(23)33)27(15-19-7-2-1-3-8-19)29(37)34-22-9-4-5-10-22/h1-3,6-8,11-14,16,22,27H,4-5,9-10,15,17-18H2,(H,34,37). The van der Waals surface area contributed by atoms with Crippen molar-refractivity contribution in [1.82, 2.24) is 10.2 Å². The summed E-state index contributed by atoms with van der Waals surface area (Å²) in [7, 11) is 0. The lowest BCUT2D eigenvalue weighted by atomic mass is 10.0. The highest BCUT2D eigenvalue weighted by Crippen LogP contribution is 2.27. The van der Waals surface area contributed by atoms with Gasteiger partial charge in [0.1, 0.15) is 11.9 Å². The quantitative estimate of drug-likeness (QED) is 0.305. The Morgan fingerprint density at radius 2 is 1.68 bits per heavy atom. The number of carbonyl (C=O) groups excluding carboxylic acids is 2. The Morgan fingerprint density at radius 3 is 2.35 bits per heavy atom. The third-order valence-electron chi connectivity index (χ3n) is 6.72. The number of rotatable bonds is 9.